The van der Waals surface area contributed by atoms with Crippen molar-refractivity contribution in [2.24, 2.45) is 0 Å². The van der Waals surface area contributed by atoms with E-state index in [1.165, 1.54) is 12.1 Å². The van der Waals surface area contributed by atoms with E-state index in [0.717, 1.165) is 18.6 Å². The molecule has 0 fully saturated rings. The van der Waals surface area contributed by atoms with E-state index < -0.39 is 17.5 Å². The first-order valence-corrected chi connectivity index (χ1v) is 7.34. The normalized spacial score (nSPS) is 10.5. The average Bonchev–Trinajstić information content (AvgIpc) is 2.54. The zero-order valence-electron chi connectivity index (χ0n) is 13.4. The standard InChI is InChI=1S/C16H18F2N4O2/c1-10-8-14(22-16(20-10)19-6-3-7-24-2)15(23)21-11-4-5-12(17)13(18)9-11/h4-5,8-9H,3,6-7H2,1-2H3,(H,21,23)(H,19,20,22). The summed E-state index contributed by atoms with van der Waals surface area (Å²) in [5.74, 6) is -2.23. The maximum atomic E-state index is 13.2. The van der Waals surface area contributed by atoms with Crippen LogP contribution >= 0.6 is 0 Å². The molecule has 1 aromatic carbocycles. The number of methoxy groups -OCH3 is 1. The third-order valence-corrected chi connectivity index (χ3v) is 3.07. The molecule has 0 radical (unpaired) electrons. The van der Waals surface area contributed by atoms with E-state index in [-0.39, 0.29) is 11.4 Å². The number of nitrogens with one attached hydrogen (secondary N) is 2. The first kappa shape index (κ1) is 17.7. The van der Waals surface area contributed by atoms with Crippen molar-refractivity contribution < 1.29 is 18.3 Å². The zero-order valence-corrected chi connectivity index (χ0v) is 13.4. The van der Waals surface area contributed by atoms with Gasteiger partial charge in [0.1, 0.15) is 5.69 Å². The van der Waals surface area contributed by atoms with Gasteiger partial charge in [0.15, 0.2) is 11.6 Å². The monoisotopic (exact) mass is 336 g/mol. The molecule has 24 heavy (non-hydrogen) atoms. The third-order valence-electron chi connectivity index (χ3n) is 3.07. The fraction of sp³-hybridized carbons (Fsp3) is 0.312. The highest BCUT2D eigenvalue weighted by Gasteiger charge is 2.12. The van der Waals surface area contributed by atoms with E-state index in [4.69, 9.17) is 4.74 Å². The van der Waals surface area contributed by atoms with Crippen molar-refractivity contribution in [2.75, 3.05) is 30.9 Å². The lowest BCUT2D eigenvalue weighted by Gasteiger charge is -2.09. The maximum absolute atomic E-state index is 13.2. The van der Waals surface area contributed by atoms with E-state index >= 15 is 0 Å². The predicted molar refractivity (Wildman–Crippen MR) is 86.1 cm³/mol. The Morgan fingerprint density at radius 3 is 2.71 bits per heavy atom. The number of benzene rings is 1. The van der Waals surface area contributed by atoms with Gasteiger partial charge in [-0.25, -0.2) is 18.7 Å². The number of halogens is 2. The summed E-state index contributed by atoms with van der Waals surface area (Å²) >= 11 is 0. The summed E-state index contributed by atoms with van der Waals surface area (Å²) in [4.78, 5) is 20.5. The van der Waals surface area contributed by atoms with Gasteiger partial charge in [0.05, 0.1) is 0 Å². The quantitative estimate of drug-likeness (QED) is 0.761. The van der Waals surface area contributed by atoms with Crippen LogP contribution in [0.4, 0.5) is 20.4 Å². The summed E-state index contributed by atoms with van der Waals surface area (Å²) in [5.41, 5.74) is 0.876. The van der Waals surface area contributed by atoms with Crippen molar-refractivity contribution in [2.45, 2.75) is 13.3 Å². The summed E-state index contributed by atoms with van der Waals surface area (Å²) in [7, 11) is 1.61. The van der Waals surface area contributed by atoms with Gasteiger partial charge in [-0.05, 0) is 31.5 Å². The Morgan fingerprint density at radius 2 is 2.00 bits per heavy atom. The molecule has 0 bridgehead atoms. The number of aryl methyl sites for hydroxylation is 1. The average molecular weight is 336 g/mol. The molecule has 2 rings (SSSR count). The molecule has 0 unspecified atom stereocenters. The van der Waals surface area contributed by atoms with E-state index in [1.807, 2.05) is 0 Å². The summed E-state index contributed by atoms with van der Waals surface area (Å²) in [6.45, 7) is 2.93. The lowest BCUT2D eigenvalue weighted by atomic mass is 10.2. The van der Waals surface area contributed by atoms with Crippen LogP contribution in [0.2, 0.25) is 0 Å². The van der Waals surface area contributed by atoms with Gasteiger partial charge in [0.2, 0.25) is 5.95 Å². The van der Waals surface area contributed by atoms with Crippen LogP contribution in [0.3, 0.4) is 0 Å². The Morgan fingerprint density at radius 1 is 1.21 bits per heavy atom. The number of amides is 1. The number of nitrogens with zero attached hydrogens (tertiary/aromatic N) is 2. The van der Waals surface area contributed by atoms with Gasteiger partial charge in [0, 0.05) is 37.7 Å². The Balaban J connectivity index is 2.07. The first-order chi connectivity index (χ1) is 11.5. The Labute approximate surface area is 138 Å². The van der Waals surface area contributed by atoms with Gasteiger partial charge in [-0.2, -0.15) is 0 Å². The first-order valence-electron chi connectivity index (χ1n) is 7.34. The second kappa shape index (κ2) is 8.30. The molecule has 0 aliphatic carbocycles. The number of aromatic nitrogens is 2. The minimum Gasteiger partial charge on any atom is -0.385 e. The Hall–Kier alpha value is -2.61. The van der Waals surface area contributed by atoms with Crippen LogP contribution in [-0.2, 0) is 4.74 Å². The van der Waals surface area contributed by atoms with Crippen LogP contribution in [0.15, 0.2) is 24.3 Å². The topological polar surface area (TPSA) is 76.1 Å². The highest BCUT2D eigenvalue weighted by atomic mass is 19.2. The van der Waals surface area contributed by atoms with E-state index in [0.29, 0.717) is 24.8 Å². The fourth-order valence-corrected chi connectivity index (χ4v) is 1.95. The zero-order chi connectivity index (χ0) is 17.5. The van der Waals surface area contributed by atoms with Crippen LogP contribution in [0.5, 0.6) is 0 Å². The minimum absolute atomic E-state index is 0.126. The fourth-order valence-electron chi connectivity index (χ4n) is 1.95. The molecule has 0 saturated heterocycles. The van der Waals surface area contributed by atoms with Gasteiger partial charge in [-0.3, -0.25) is 4.79 Å². The Kier molecular flexibility index (Phi) is 6.14. The predicted octanol–water partition coefficient (Wildman–Crippen LogP) is 2.76. The Bertz CT molecular complexity index is 725. The molecule has 0 spiro atoms. The molecular weight excluding hydrogens is 318 g/mol. The highest BCUT2D eigenvalue weighted by Crippen LogP contribution is 2.14. The van der Waals surface area contributed by atoms with Crippen molar-refractivity contribution in [3.8, 4) is 0 Å². The van der Waals surface area contributed by atoms with Crippen LogP contribution < -0.4 is 10.6 Å². The molecule has 1 heterocycles. The van der Waals surface area contributed by atoms with Crippen LogP contribution in [-0.4, -0.2) is 36.1 Å². The van der Waals surface area contributed by atoms with Gasteiger partial charge in [0.25, 0.3) is 5.91 Å². The number of carbonyl (C=O) groups excluding carboxylic acids is 1. The SMILES string of the molecule is COCCCNc1nc(C)cc(C(=O)Nc2ccc(F)c(F)c2)n1. The molecule has 6 nitrogen and oxygen atoms in total. The molecule has 2 N–H and O–H groups in total. The van der Waals surface area contributed by atoms with Gasteiger partial charge in [-0.15, -0.1) is 0 Å². The van der Waals surface area contributed by atoms with Gasteiger partial charge < -0.3 is 15.4 Å². The molecule has 1 amide bonds. The smallest absolute Gasteiger partial charge is 0.274 e. The molecule has 0 atom stereocenters. The molecule has 128 valence electrons. The molecule has 0 aliphatic rings. The number of ether oxygens (including phenoxy) is 1. The molecule has 2 aromatic rings. The summed E-state index contributed by atoms with van der Waals surface area (Å²) in [5, 5.41) is 5.48. The third kappa shape index (κ3) is 4.95. The van der Waals surface area contributed by atoms with E-state index in [2.05, 4.69) is 20.6 Å². The number of carbonyl (C=O) groups is 1. The summed E-state index contributed by atoms with van der Waals surface area (Å²) in [6.07, 6.45) is 0.768. The van der Waals surface area contributed by atoms with Crippen molar-refractivity contribution >= 4 is 17.5 Å². The van der Waals surface area contributed by atoms with Crippen molar-refractivity contribution in [1.29, 1.82) is 0 Å². The summed E-state index contributed by atoms with van der Waals surface area (Å²) < 4.78 is 31.1. The highest BCUT2D eigenvalue weighted by molar-refractivity contribution is 6.03. The molecular formula is C16H18F2N4O2. The second-order valence-corrected chi connectivity index (χ2v) is 5.07. The lowest BCUT2D eigenvalue weighted by molar-refractivity contribution is 0.102. The number of hydrogen-bond donors (Lipinski definition) is 2. The number of anilines is 2. The maximum Gasteiger partial charge on any atom is 0.274 e. The van der Waals surface area contributed by atoms with E-state index in [1.54, 1.807) is 14.0 Å². The molecule has 1 aromatic heterocycles. The van der Waals surface area contributed by atoms with Gasteiger partial charge in [-0.1, -0.05) is 0 Å². The van der Waals surface area contributed by atoms with Crippen LogP contribution in [0.1, 0.15) is 22.6 Å². The number of rotatable bonds is 7. The molecule has 0 aliphatic heterocycles. The minimum atomic E-state index is -1.04. The largest absolute Gasteiger partial charge is 0.385 e. The molecule has 0 saturated carbocycles. The second-order valence-electron chi connectivity index (χ2n) is 5.07. The van der Waals surface area contributed by atoms with Crippen molar-refractivity contribution in [3.05, 3.63) is 47.3 Å². The summed E-state index contributed by atoms with van der Waals surface area (Å²) in [6, 6.07) is 4.63. The van der Waals surface area contributed by atoms with Crippen LogP contribution in [0.25, 0.3) is 0 Å². The van der Waals surface area contributed by atoms with Crippen molar-refractivity contribution in [3.63, 3.8) is 0 Å². The lowest BCUT2D eigenvalue weighted by Crippen LogP contribution is -2.17. The van der Waals surface area contributed by atoms with Crippen molar-refractivity contribution in [1.82, 2.24) is 9.97 Å². The molecule has 8 heteroatoms. The number of hydrogen-bond acceptors (Lipinski definition) is 5. The van der Waals surface area contributed by atoms with E-state index in [9.17, 15) is 13.6 Å². The van der Waals surface area contributed by atoms with Crippen LogP contribution in [0, 0.1) is 18.6 Å². The van der Waals surface area contributed by atoms with Gasteiger partial charge >= 0.3 is 0 Å².